The van der Waals surface area contributed by atoms with Crippen molar-refractivity contribution in [3.63, 3.8) is 0 Å². The van der Waals surface area contributed by atoms with Crippen LogP contribution in [0.15, 0.2) is 36.8 Å². The number of imidazole rings is 1. The number of aromatic nitrogens is 4. The highest BCUT2D eigenvalue weighted by molar-refractivity contribution is 5.61. The minimum atomic E-state index is -0.448. The van der Waals surface area contributed by atoms with Crippen LogP contribution in [0, 0.1) is 12.9 Å². The van der Waals surface area contributed by atoms with Crippen LogP contribution in [0.3, 0.4) is 0 Å². The number of fused-ring (bicyclic) bond motifs is 1. The molecule has 0 aromatic carbocycles. The number of halogens is 1. The van der Waals surface area contributed by atoms with Gasteiger partial charge in [-0.05, 0) is 25.1 Å². The van der Waals surface area contributed by atoms with Crippen LogP contribution in [-0.2, 0) is 0 Å². The van der Waals surface area contributed by atoms with Gasteiger partial charge in [-0.2, -0.15) is 9.49 Å². The molecule has 0 bridgehead atoms. The Morgan fingerprint density at radius 3 is 3.00 bits per heavy atom. The molecule has 0 aliphatic heterocycles. The Kier molecular flexibility index (Phi) is 2.11. The van der Waals surface area contributed by atoms with Crippen molar-refractivity contribution in [1.82, 2.24) is 19.6 Å². The molecule has 3 heterocycles. The van der Waals surface area contributed by atoms with Crippen LogP contribution < -0.4 is 0 Å². The van der Waals surface area contributed by atoms with E-state index in [9.17, 15) is 4.39 Å². The maximum Gasteiger partial charge on any atom is 0.215 e. The highest BCUT2D eigenvalue weighted by atomic mass is 19.1. The van der Waals surface area contributed by atoms with Crippen molar-refractivity contribution < 1.29 is 4.39 Å². The molecule has 0 N–H and O–H groups in total. The van der Waals surface area contributed by atoms with Crippen LogP contribution in [0.1, 0.15) is 5.56 Å². The van der Waals surface area contributed by atoms with Gasteiger partial charge in [-0.15, -0.1) is 0 Å². The smallest absolute Gasteiger partial charge is 0.215 e. The standard InChI is InChI=1S/C12H9FN4/c1-8-5-9(6-14-12(8)13)10-7-17-11(16-10)3-2-4-15-17/h2-7H,1H3. The summed E-state index contributed by atoms with van der Waals surface area (Å²) in [6.45, 7) is 1.68. The van der Waals surface area contributed by atoms with Crippen LogP contribution in [0.25, 0.3) is 16.9 Å². The third-order valence-corrected chi connectivity index (χ3v) is 2.55. The van der Waals surface area contributed by atoms with Crippen LogP contribution in [0.5, 0.6) is 0 Å². The topological polar surface area (TPSA) is 43.1 Å². The summed E-state index contributed by atoms with van der Waals surface area (Å²) in [4.78, 5) is 8.08. The summed E-state index contributed by atoms with van der Waals surface area (Å²) >= 11 is 0. The molecule has 0 saturated heterocycles. The third kappa shape index (κ3) is 1.65. The molecule has 5 heteroatoms. The number of nitrogens with zero attached hydrogens (tertiary/aromatic N) is 4. The van der Waals surface area contributed by atoms with E-state index >= 15 is 0 Å². The fourth-order valence-electron chi connectivity index (χ4n) is 1.67. The highest BCUT2D eigenvalue weighted by Crippen LogP contribution is 2.19. The molecule has 84 valence electrons. The lowest BCUT2D eigenvalue weighted by Crippen LogP contribution is -1.89. The molecule has 3 rings (SSSR count). The van der Waals surface area contributed by atoms with Gasteiger partial charge < -0.3 is 0 Å². The molecular formula is C12H9FN4. The van der Waals surface area contributed by atoms with E-state index in [0.29, 0.717) is 5.56 Å². The summed E-state index contributed by atoms with van der Waals surface area (Å²) in [6, 6.07) is 5.41. The summed E-state index contributed by atoms with van der Waals surface area (Å²) in [5.41, 5.74) is 2.78. The largest absolute Gasteiger partial charge is 0.227 e. The van der Waals surface area contributed by atoms with Gasteiger partial charge in [0.15, 0.2) is 5.65 Å². The van der Waals surface area contributed by atoms with Crippen molar-refractivity contribution in [2.24, 2.45) is 0 Å². The molecule has 0 fully saturated rings. The first-order valence-electron chi connectivity index (χ1n) is 5.17. The Bertz CT molecular complexity index is 657. The number of pyridine rings is 1. The quantitative estimate of drug-likeness (QED) is 0.600. The van der Waals surface area contributed by atoms with Crippen molar-refractivity contribution in [3.05, 3.63) is 48.3 Å². The van der Waals surface area contributed by atoms with E-state index in [2.05, 4.69) is 15.1 Å². The molecule has 0 aliphatic carbocycles. The summed E-state index contributed by atoms with van der Waals surface area (Å²) in [6.07, 6.45) is 4.96. The lowest BCUT2D eigenvalue weighted by atomic mass is 10.2. The molecule has 0 spiro atoms. The molecular weight excluding hydrogens is 219 g/mol. The summed E-state index contributed by atoms with van der Waals surface area (Å²) < 4.78 is 14.7. The van der Waals surface area contributed by atoms with Crippen molar-refractivity contribution >= 4 is 5.65 Å². The molecule has 0 amide bonds. The first-order chi connectivity index (χ1) is 8.24. The SMILES string of the molecule is Cc1cc(-c2cn3ncccc3n2)cnc1F. The monoisotopic (exact) mass is 228 g/mol. The predicted octanol–water partition coefficient (Wildman–Crippen LogP) is 2.24. The third-order valence-electron chi connectivity index (χ3n) is 2.55. The van der Waals surface area contributed by atoms with Gasteiger partial charge in [0.2, 0.25) is 5.95 Å². The minimum absolute atomic E-state index is 0.448. The Morgan fingerprint density at radius 1 is 1.35 bits per heavy atom. The average Bonchev–Trinajstić information content (AvgIpc) is 2.76. The molecule has 3 aromatic rings. The van der Waals surface area contributed by atoms with Crippen molar-refractivity contribution in [2.45, 2.75) is 6.92 Å². The van der Waals surface area contributed by atoms with E-state index < -0.39 is 5.95 Å². The van der Waals surface area contributed by atoms with Crippen LogP contribution in [0.2, 0.25) is 0 Å². The first-order valence-corrected chi connectivity index (χ1v) is 5.17. The van der Waals surface area contributed by atoms with Gasteiger partial charge in [-0.25, -0.2) is 14.5 Å². The molecule has 0 radical (unpaired) electrons. The van der Waals surface area contributed by atoms with Gasteiger partial charge in [-0.1, -0.05) is 0 Å². The number of aryl methyl sites for hydroxylation is 1. The molecule has 0 unspecified atom stereocenters. The zero-order chi connectivity index (χ0) is 11.8. The zero-order valence-corrected chi connectivity index (χ0v) is 9.13. The Balaban J connectivity index is 2.17. The normalized spacial score (nSPS) is 10.9. The van der Waals surface area contributed by atoms with Crippen molar-refractivity contribution in [3.8, 4) is 11.3 Å². The van der Waals surface area contributed by atoms with E-state index in [1.165, 1.54) is 6.20 Å². The molecule has 0 atom stereocenters. The van der Waals surface area contributed by atoms with Gasteiger partial charge in [0, 0.05) is 23.5 Å². The van der Waals surface area contributed by atoms with Gasteiger partial charge in [0.05, 0.1) is 11.9 Å². The van der Waals surface area contributed by atoms with E-state index in [0.717, 1.165) is 16.9 Å². The van der Waals surface area contributed by atoms with E-state index in [1.54, 1.807) is 29.9 Å². The fourth-order valence-corrected chi connectivity index (χ4v) is 1.67. The second kappa shape index (κ2) is 3.62. The second-order valence-corrected chi connectivity index (χ2v) is 3.78. The summed E-state index contributed by atoms with van der Waals surface area (Å²) in [5, 5.41) is 4.13. The Hall–Kier alpha value is -2.30. The maximum absolute atomic E-state index is 13.1. The molecule has 17 heavy (non-hydrogen) atoms. The maximum atomic E-state index is 13.1. The summed E-state index contributed by atoms with van der Waals surface area (Å²) in [5.74, 6) is -0.448. The van der Waals surface area contributed by atoms with Crippen LogP contribution >= 0.6 is 0 Å². The van der Waals surface area contributed by atoms with Crippen molar-refractivity contribution in [2.75, 3.05) is 0 Å². The van der Waals surface area contributed by atoms with Crippen LogP contribution in [-0.4, -0.2) is 19.6 Å². The van der Waals surface area contributed by atoms with E-state index in [1.807, 2.05) is 12.1 Å². The highest BCUT2D eigenvalue weighted by Gasteiger charge is 2.07. The van der Waals surface area contributed by atoms with E-state index in [-0.39, 0.29) is 0 Å². The Labute approximate surface area is 96.8 Å². The zero-order valence-electron chi connectivity index (χ0n) is 9.13. The first kappa shape index (κ1) is 9.89. The number of rotatable bonds is 1. The average molecular weight is 228 g/mol. The van der Waals surface area contributed by atoms with Gasteiger partial charge in [0.25, 0.3) is 0 Å². The molecule has 0 saturated carbocycles. The summed E-state index contributed by atoms with van der Waals surface area (Å²) in [7, 11) is 0. The lowest BCUT2D eigenvalue weighted by molar-refractivity contribution is 0.575. The second-order valence-electron chi connectivity index (χ2n) is 3.78. The molecule has 3 aromatic heterocycles. The predicted molar refractivity (Wildman–Crippen MR) is 60.9 cm³/mol. The van der Waals surface area contributed by atoms with E-state index in [4.69, 9.17) is 0 Å². The fraction of sp³-hybridized carbons (Fsp3) is 0.0833. The van der Waals surface area contributed by atoms with Gasteiger partial charge in [-0.3, -0.25) is 0 Å². The lowest BCUT2D eigenvalue weighted by Gasteiger charge is -1.98. The van der Waals surface area contributed by atoms with Crippen molar-refractivity contribution in [1.29, 1.82) is 0 Å². The molecule has 0 aliphatic rings. The number of hydrogen-bond donors (Lipinski definition) is 0. The van der Waals surface area contributed by atoms with Crippen LogP contribution in [0.4, 0.5) is 4.39 Å². The molecule has 4 nitrogen and oxygen atoms in total. The number of hydrogen-bond acceptors (Lipinski definition) is 3. The minimum Gasteiger partial charge on any atom is -0.227 e. The Morgan fingerprint density at radius 2 is 2.24 bits per heavy atom. The van der Waals surface area contributed by atoms with Gasteiger partial charge in [0.1, 0.15) is 0 Å². The van der Waals surface area contributed by atoms with Gasteiger partial charge >= 0.3 is 0 Å².